The number of hydrogen-bond donors (Lipinski definition) is 2. The van der Waals surface area contributed by atoms with Crippen molar-refractivity contribution in [2.45, 2.75) is 52.5 Å². The second kappa shape index (κ2) is 5.81. The minimum atomic E-state index is 0.111. The van der Waals surface area contributed by atoms with Gasteiger partial charge in [0.05, 0.1) is 16.9 Å². The molecule has 4 nitrogen and oxygen atoms in total. The Hall–Kier alpha value is -1.58. The molecule has 0 radical (unpaired) electrons. The smallest absolute Gasteiger partial charge is 0.126 e. The molecule has 1 aliphatic rings. The summed E-state index contributed by atoms with van der Waals surface area (Å²) in [6.45, 7) is 6.26. The van der Waals surface area contributed by atoms with E-state index in [1.165, 1.54) is 25.7 Å². The van der Waals surface area contributed by atoms with Gasteiger partial charge in [-0.25, -0.2) is 0 Å². The molecule has 4 heteroatoms. The largest absolute Gasteiger partial charge is 0.384 e. The van der Waals surface area contributed by atoms with E-state index in [0.29, 0.717) is 12.0 Å². The summed E-state index contributed by atoms with van der Waals surface area (Å²) >= 11 is 0. The van der Waals surface area contributed by atoms with Crippen LogP contribution in [0.2, 0.25) is 0 Å². The molecule has 0 spiro atoms. The molecule has 3 N–H and O–H groups in total. The number of hydrogen-bond acceptors (Lipinski definition) is 3. The van der Waals surface area contributed by atoms with Crippen LogP contribution in [0.3, 0.4) is 0 Å². The van der Waals surface area contributed by atoms with Crippen molar-refractivity contribution in [3.63, 3.8) is 0 Å². The van der Waals surface area contributed by atoms with Crippen LogP contribution in [0.15, 0.2) is 6.07 Å². The third-order valence-electron chi connectivity index (χ3n) is 4.52. The average Bonchev–Trinajstić information content (AvgIpc) is 2.37. The topological polar surface area (TPSA) is 66.0 Å². The molecule has 2 rings (SSSR count). The van der Waals surface area contributed by atoms with Gasteiger partial charge in [0.15, 0.2) is 0 Å². The number of aryl methyl sites for hydroxylation is 2. The summed E-state index contributed by atoms with van der Waals surface area (Å²) in [6.07, 6.45) is 5.13. The molecule has 1 saturated carbocycles. The Morgan fingerprint density at radius 1 is 1.35 bits per heavy atom. The number of nitrogens with two attached hydrogens (primary N) is 1. The number of rotatable bonds is 3. The van der Waals surface area contributed by atoms with E-state index in [2.05, 4.69) is 29.9 Å². The van der Waals surface area contributed by atoms with Crippen LogP contribution in [0.1, 0.15) is 49.6 Å². The van der Waals surface area contributed by atoms with E-state index in [1.807, 2.05) is 13.8 Å². The number of nitrogen functional groups attached to an aromatic ring is 1. The van der Waals surface area contributed by atoms with Crippen LogP contribution >= 0.6 is 0 Å². The average molecular weight is 274 g/mol. The predicted molar refractivity (Wildman–Crippen MR) is 84.6 cm³/mol. The zero-order chi connectivity index (χ0) is 14.9. The number of aromatic nitrogens is 1. The van der Waals surface area contributed by atoms with Crippen LogP contribution in [-0.4, -0.2) is 23.9 Å². The number of nitrogens with one attached hydrogen (secondary N) is 1. The maximum absolute atomic E-state index is 7.86. The summed E-state index contributed by atoms with van der Waals surface area (Å²) in [7, 11) is 2.13. The Balaban J connectivity index is 2.42. The molecule has 1 fully saturated rings. The van der Waals surface area contributed by atoms with Gasteiger partial charge in [-0.3, -0.25) is 10.4 Å². The van der Waals surface area contributed by atoms with Crippen molar-refractivity contribution < 1.29 is 0 Å². The fraction of sp³-hybridized carbons (Fsp3) is 0.625. The van der Waals surface area contributed by atoms with Crippen molar-refractivity contribution in [2.75, 3.05) is 11.9 Å². The van der Waals surface area contributed by atoms with Crippen LogP contribution < -0.4 is 10.6 Å². The second-order valence-electron chi connectivity index (χ2n) is 6.10. The number of pyridine rings is 1. The van der Waals surface area contributed by atoms with Gasteiger partial charge in [0.1, 0.15) is 5.84 Å². The molecule has 20 heavy (non-hydrogen) atoms. The fourth-order valence-corrected chi connectivity index (χ4v) is 3.47. The lowest BCUT2D eigenvalue weighted by Gasteiger charge is -2.38. The highest BCUT2D eigenvalue weighted by Gasteiger charge is 2.27. The van der Waals surface area contributed by atoms with E-state index in [-0.39, 0.29) is 5.84 Å². The third-order valence-corrected chi connectivity index (χ3v) is 4.52. The fourth-order valence-electron chi connectivity index (χ4n) is 3.47. The van der Waals surface area contributed by atoms with Crippen LogP contribution in [0.5, 0.6) is 0 Å². The molecule has 110 valence electrons. The number of amidine groups is 1. The highest BCUT2D eigenvalue weighted by molar-refractivity contribution is 6.01. The van der Waals surface area contributed by atoms with Crippen LogP contribution in [-0.2, 0) is 0 Å². The van der Waals surface area contributed by atoms with Crippen LogP contribution in [0, 0.1) is 25.2 Å². The third kappa shape index (κ3) is 2.79. The lowest BCUT2D eigenvalue weighted by Crippen LogP contribution is -2.40. The van der Waals surface area contributed by atoms with Crippen molar-refractivity contribution in [3.8, 4) is 0 Å². The van der Waals surface area contributed by atoms with Gasteiger partial charge in [0.25, 0.3) is 0 Å². The molecule has 1 aliphatic carbocycles. The Morgan fingerprint density at radius 2 is 2.00 bits per heavy atom. The normalized spacial score (nSPS) is 22.6. The van der Waals surface area contributed by atoms with E-state index in [0.717, 1.165) is 22.6 Å². The molecular formula is C16H26N4. The van der Waals surface area contributed by atoms with Gasteiger partial charge < -0.3 is 10.6 Å². The standard InChI is InChI=1S/C16H26N4/c1-10-7-5-6-8-13(10)20(4)14-9-11(2)19-12(3)15(14)16(17)18/h9-10,13H,5-8H2,1-4H3,(H3,17,18). The van der Waals surface area contributed by atoms with Crippen molar-refractivity contribution in [3.05, 3.63) is 23.0 Å². The summed E-state index contributed by atoms with van der Waals surface area (Å²) in [5.74, 6) is 0.794. The Labute approximate surface area is 121 Å². The summed E-state index contributed by atoms with van der Waals surface area (Å²) in [4.78, 5) is 6.78. The zero-order valence-electron chi connectivity index (χ0n) is 13.0. The van der Waals surface area contributed by atoms with E-state index >= 15 is 0 Å². The predicted octanol–water partition coefficient (Wildman–Crippen LogP) is 3.00. The highest BCUT2D eigenvalue weighted by Crippen LogP contribution is 2.32. The maximum atomic E-state index is 7.86. The lowest BCUT2D eigenvalue weighted by molar-refractivity contribution is 0.321. The minimum absolute atomic E-state index is 0.111. The van der Waals surface area contributed by atoms with E-state index in [4.69, 9.17) is 11.1 Å². The Bertz CT molecular complexity index is 509. The lowest BCUT2D eigenvalue weighted by atomic mass is 9.84. The number of nitrogens with zero attached hydrogens (tertiary/aromatic N) is 2. The summed E-state index contributed by atoms with van der Waals surface area (Å²) in [5.41, 5.74) is 9.46. The van der Waals surface area contributed by atoms with Gasteiger partial charge in [-0.05, 0) is 38.7 Å². The van der Waals surface area contributed by atoms with Crippen molar-refractivity contribution in [1.29, 1.82) is 5.41 Å². The first-order valence-electron chi connectivity index (χ1n) is 7.47. The monoisotopic (exact) mass is 274 g/mol. The molecule has 0 aliphatic heterocycles. The van der Waals surface area contributed by atoms with E-state index in [9.17, 15) is 0 Å². The number of anilines is 1. The van der Waals surface area contributed by atoms with Gasteiger partial charge in [-0.1, -0.05) is 19.8 Å². The van der Waals surface area contributed by atoms with Crippen molar-refractivity contribution >= 4 is 11.5 Å². The van der Waals surface area contributed by atoms with Gasteiger partial charge in [0, 0.05) is 18.8 Å². The van der Waals surface area contributed by atoms with Gasteiger partial charge in [0.2, 0.25) is 0 Å². The first-order chi connectivity index (χ1) is 9.41. The van der Waals surface area contributed by atoms with Crippen molar-refractivity contribution in [1.82, 2.24) is 4.98 Å². The Morgan fingerprint density at radius 3 is 2.60 bits per heavy atom. The van der Waals surface area contributed by atoms with E-state index in [1.54, 1.807) is 0 Å². The Kier molecular flexibility index (Phi) is 4.31. The molecule has 1 aromatic rings. The molecule has 1 heterocycles. The zero-order valence-corrected chi connectivity index (χ0v) is 13.0. The first kappa shape index (κ1) is 14.8. The second-order valence-corrected chi connectivity index (χ2v) is 6.10. The van der Waals surface area contributed by atoms with Crippen LogP contribution in [0.4, 0.5) is 5.69 Å². The molecule has 0 aromatic carbocycles. The van der Waals surface area contributed by atoms with Gasteiger partial charge >= 0.3 is 0 Å². The molecule has 2 atom stereocenters. The van der Waals surface area contributed by atoms with Gasteiger partial charge in [-0.2, -0.15) is 0 Å². The van der Waals surface area contributed by atoms with Gasteiger partial charge in [-0.15, -0.1) is 0 Å². The molecule has 0 bridgehead atoms. The molecule has 1 aromatic heterocycles. The quantitative estimate of drug-likeness (QED) is 0.658. The summed E-state index contributed by atoms with van der Waals surface area (Å²) in [5, 5.41) is 7.86. The maximum Gasteiger partial charge on any atom is 0.126 e. The van der Waals surface area contributed by atoms with Crippen molar-refractivity contribution in [2.24, 2.45) is 11.7 Å². The summed E-state index contributed by atoms with van der Waals surface area (Å²) in [6, 6.07) is 2.59. The summed E-state index contributed by atoms with van der Waals surface area (Å²) < 4.78 is 0. The van der Waals surface area contributed by atoms with Crippen LogP contribution in [0.25, 0.3) is 0 Å². The SMILES string of the molecule is Cc1cc(N(C)C2CCCCC2C)c(C(=N)N)c(C)n1. The molecular weight excluding hydrogens is 248 g/mol. The highest BCUT2D eigenvalue weighted by atomic mass is 15.1. The van der Waals surface area contributed by atoms with E-state index < -0.39 is 0 Å². The molecule has 0 amide bonds. The molecule has 0 saturated heterocycles. The first-order valence-corrected chi connectivity index (χ1v) is 7.47. The molecule has 2 unspecified atom stereocenters. The minimum Gasteiger partial charge on any atom is -0.384 e.